The summed E-state index contributed by atoms with van der Waals surface area (Å²) in [4.78, 5) is 22.0. The minimum atomic E-state index is -4.34. The lowest BCUT2D eigenvalue weighted by Gasteiger charge is -2.13. The Morgan fingerprint density at radius 3 is 1.25 bits per heavy atom. The third-order valence-electron chi connectivity index (χ3n) is 2.48. The van der Waals surface area contributed by atoms with E-state index >= 15 is 0 Å². The van der Waals surface area contributed by atoms with Gasteiger partial charge in [-0.1, -0.05) is 0 Å². The summed E-state index contributed by atoms with van der Waals surface area (Å²) in [6.45, 7) is 0. The Balaban J connectivity index is 4.38. The van der Waals surface area contributed by atoms with Crippen LogP contribution in [0.1, 0.15) is 25.7 Å². The van der Waals surface area contributed by atoms with Gasteiger partial charge in [-0.15, -0.1) is 0 Å². The van der Waals surface area contributed by atoms with Crippen molar-refractivity contribution >= 4 is 11.6 Å². The number of halogens is 8. The topological polar surface area (TPSA) is 34.1 Å². The molecule has 0 saturated carbocycles. The zero-order valence-electron chi connectivity index (χ0n) is 11.8. The zero-order chi connectivity index (χ0) is 19.0. The zero-order valence-corrected chi connectivity index (χ0v) is 11.8. The molecule has 134 valence electrons. The second-order valence-electron chi connectivity index (χ2n) is 4.47. The Kier molecular flexibility index (Phi) is 8.45. The van der Waals surface area contributed by atoms with Gasteiger partial charge in [0.1, 0.15) is 0 Å². The molecule has 0 N–H and O–H groups in total. The van der Waals surface area contributed by atoms with Crippen LogP contribution in [0.3, 0.4) is 0 Å². The Morgan fingerprint density at radius 2 is 1.00 bits per heavy atom. The molecule has 0 bridgehead atoms. The lowest BCUT2D eigenvalue weighted by atomic mass is 10.1. The summed E-state index contributed by atoms with van der Waals surface area (Å²) in [6.07, 6.45) is -12.6. The van der Waals surface area contributed by atoms with Crippen LogP contribution in [-0.4, -0.2) is 36.3 Å². The highest BCUT2D eigenvalue weighted by molar-refractivity contribution is 5.98. The van der Waals surface area contributed by atoms with Gasteiger partial charge in [-0.25, -0.2) is 35.1 Å². The molecule has 0 unspecified atom stereocenters. The minimum absolute atomic E-state index is 0.972. The normalized spacial score (nSPS) is 11.6. The fourth-order valence-electron chi connectivity index (χ4n) is 1.11. The molecule has 0 aliphatic carbocycles. The molecule has 0 aliphatic rings. The van der Waals surface area contributed by atoms with E-state index in [1.165, 1.54) is 0 Å². The van der Waals surface area contributed by atoms with E-state index in [1.54, 1.807) is 23.7 Å². The van der Waals surface area contributed by atoms with Crippen LogP contribution in [0.25, 0.3) is 0 Å². The van der Waals surface area contributed by atoms with E-state index in [9.17, 15) is 44.7 Å². The Hall–Kier alpha value is -2.10. The highest BCUT2D eigenvalue weighted by Crippen LogP contribution is 2.28. The van der Waals surface area contributed by atoms with Crippen molar-refractivity contribution in [2.75, 3.05) is 0 Å². The average molecular weight is 362 g/mol. The summed E-state index contributed by atoms with van der Waals surface area (Å²) in [7, 11) is 0. The molecular formula is C14H10F8O2. The van der Waals surface area contributed by atoms with Crippen LogP contribution in [-0.2, 0) is 9.59 Å². The number of alkyl halides is 8. The van der Waals surface area contributed by atoms with Crippen LogP contribution in [0.15, 0.2) is 0 Å². The number of Topliss-reactive ketones (excluding diaryl/α,β-unsaturated/α-hetero) is 2. The monoisotopic (exact) mass is 362 g/mol. The fourth-order valence-corrected chi connectivity index (χ4v) is 1.11. The van der Waals surface area contributed by atoms with Gasteiger partial charge < -0.3 is 0 Å². The maximum Gasteiger partial charge on any atom is 0.307 e. The first-order chi connectivity index (χ1) is 10.9. The summed E-state index contributed by atoms with van der Waals surface area (Å²) in [6, 6.07) is 0. The van der Waals surface area contributed by atoms with Crippen molar-refractivity contribution in [1.82, 2.24) is 0 Å². The van der Waals surface area contributed by atoms with Crippen molar-refractivity contribution in [2.24, 2.45) is 0 Å². The summed E-state index contributed by atoms with van der Waals surface area (Å²) in [5, 5.41) is 0. The summed E-state index contributed by atoms with van der Waals surface area (Å²) < 4.78 is 97.2. The number of carbonyl (C=O) groups excluding carboxylic acids is 2. The number of ketones is 2. The van der Waals surface area contributed by atoms with Crippen molar-refractivity contribution < 1.29 is 44.7 Å². The first-order valence-corrected chi connectivity index (χ1v) is 6.28. The third-order valence-corrected chi connectivity index (χ3v) is 2.48. The lowest BCUT2D eigenvalue weighted by molar-refractivity contribution is -0.138. The first-order valence-electron chi connectivity index (χ1n) is 6.28. The van der Waals surface area contributed by atoms with E-state index in [2.05, 4.69) is 0 Å². The van der Waals surface area contributed by atoms with Gasteiger partial charge in [-0.05, 0) is 23.7 Å². The Morgan fingerprint density at radius 1 is 0.708 bits per heavy atom. The quantitative estimate of drug-likeness (QED) is 0.376. The number of carbonyl (C=O) groups is 2. The van der Waals surface area contributed by atoms with E-state index in [1.807, 2.05) is 0 Å². The van der Waals surface area contributed by atoms with E-state index in [0.29, 0.717) is 0 Å². The molecule has 0 aromatic rings. The van der Waals surface area contributed by atoms with Gasteiger partial charge in [0.25, 0.3) is 0 Å². The Labute approximate surface area is 131 Å². The largest absolute Gasteiger partial charge is 0.307 e. The second-order valence-corrected chi connectivity index (χ2v) is 4.47. The van der Waals surface area contributed by atoms with Crippen LogP contribution in [0.2, 0.25) is 0 Å². The molecule has 0 amide bonds. The molecule has 0 aromatic heterocycles. The average Bonchev–Trinajstić information content (AvgIpc) is 2.47. The van der Waals surface area contributed by atoms with Crippen molar-refractivity contribution in [3.05, 3.63) is 0 Å². The highest BCUT2D eigenvalue weighted by Gasteiger charge is 2.41. The molecule has 0 saturated heterocycles. The summed E-state index contributed by atoms with van der Waals surface area (Å²) >= 11 is 0. The molecule has 0 radical (unpaired) electrons. The Bertz CT molecular complexity index is 523. The molecule has 2 nitrogen and oxygen atoms in total. The molecule has 0 fully saturated rings. The molecular weight excluding hydrogens is 352 g/mol. The maximum absolute atomic E-state index is 12.5. The molecule has 0 atom stereocenters. The van der Waals surface area contributed by atoms with Gasteiger partial charge in [0, 0.05) is 25.7 Å². The third kappa shape index (κ3) is 8.51. The number of rotatable bonds is 8. The van der Waals surface area contributed by atoms with Crippen LogP contribution in [0.4, 0.5) is 35.1 Å². The highest BCUT2D eigenvalue weighted by atomic mass is 19.3. The molecule has 0 aliphatic heterocycles. The molecule has 0 aromatic carbocycles. The number of hydrogen-bond acceptors (Lipinski definition) is 2. The van der Waals surface area contributed by atoms with E-state index < -0.39 is 61.9 Å². The van der Waals surface area contributed by atoms with Gasteiger partial charge in [-0.3, -0.25) is 9.59 Å². The number of hydrogen-bond donors (Lipinski definition) is 0. The lowest BCUT2D eigenvalue weighted by Crippen LogP contribution is -2.27. The van der Waals surface area contributed by atoms with Crippen molar-refractivity contribution in [1.29, 1.82) is 0 Å². The minimum Gasteiger partial charge on any atom is -0.285 e. The molecule has 10 heteroatoms. The fraction of sp³-hybridized carbons (Fsp3) is 0.571. The van der Waals surface area contributed by atoms with Crippen molar-refractivity contribution in [3.63, 3.8) is 0 Å². The summed E-state index contributed by atoms with van der Waals surface area (Å²) in [5.74, 6) is -4.09. The second kappa shape index (κ2) is 9.26. The SMILES string of the molecule is O=C(C#CC#CC(=O)CCC(F)(F)C(F)F)CCC(F)(F)C(F)F. The van der Waals surface area contributed by atoms with E-state index in [0.717, 1.165) is 0 Å². The summed E-state index contributed by atoms with van der Waals surface area (Å²) in [5.41, 5.74) is 0. The van der Waals surface area contributed by atoms with E-state index in [4.69, 9.17) is 0 Å². The molecule has 0 heterocycles. The maximum atomic E-state index is 12.5. The van der Waals surface area contributed by atoms with Gasteiger partial charge >= 0.3 is 24.7 Å². The van der Waals surface area contributed by atoms with E-state index in [-0.39, 0.29) is 0 Å². The van der Waals surface area contributed by atoms with Crippen molar-refractivity contribution in [2.45, 2.75) is 50.4 Å². The first kappa shape index (κ1) is 21.9. The molecule has 24 heavy (non-hydrogen) atoms. The molecule has 0 rings (SSSR count). The smallest absolute Gasteiger partial charge is 0.285 e. The van der Waals surface area contributed by atoms with Crippen LogP contribution < -0.4 is 0 Å². The molecule has 0 spiro atoms. The van der Waals surface area contributed by atoms with Crippen molar-refractivity contribution in [3.8, 4) is 23.7 Å². The van der Waals surface area contributed by atoms with Crippen LogP contribution in [0.5, 0.6) is 0 Å². The van der Waals surface area contributed by atoms with Gasteiger partial charge in [-0.2, -0.15) is 0 Å². The standard InChI is InChI=1S/C14H10F8O2/c15-11(16)13(19,20)7-5-9(23)3-1-2-4-10(24)6-8-14(21,22)12(17)18/h11-12H,5-8H2. The van der Waals surface area contributed by atoms with Crippen LogP contribution in [0, 0.1) is 23.7 Å². The van der Waals surface area contributed by atoms with Gasteiger partial charge in [0.15, 0.2) is 0 Å². The van der Waals surface area contributed by atoms with Gasteiger partial charge in [0.2, 0.25) is 11.6 Å². The predicted molar refractivity (Wildman–Crippen MR) is 65.9 cm³/mol. The predicted octanol–water partition coefficient (Wildman–Crippen LogP) is 3.49. The van der Waals surface area contributed by atoms with Crippen LogP contribution >= 0.6 is 0 Å². The van der Waals surface area contributed by atoms with Gasteiger partial charge in [0.05, 0.1) is 0 Å².